The van der Waals surface area contributed by atoms with Crippen molar-refractivity contribution in [3.63, 3.8) is 0 Å². The second-order valence-electron chi connectivity index (χ2n) is 20.0. The normalized spacial score (nSPS) is 17.5. The molecule has 7 N–H and O–H groups in total. The lowest BCUT2D eigenvalue weighted by molar-refractivity contribution is -0.148. The van der Waals surface area contributed by atoms with Crippen molar-refractivity contribution in [2.24, 2.45) is 29.4 Å². The average Bonchev–Trinajstić information content (AvgIpc) is 3.82. The standard InChI is InChI=1S/C53H85N9O10/c1-14-34(6)47(61(11)53(69)45(32(2)3)58-52(68)46(33(4)5)60(9)10)42(70-12)30-44(64)62-28-18-21-41(62)48(71-13)35(7)49(65)57-40(29-37-19-16-15-17-20-37)51(67)59-72-31-38-22-24-39(25-23-38)56-50(66)36(8)55-43(63)26-27-54/h15-17,19-20,22-25,32-36,40-42,45-48H,14,18,21,26-31,54H2,1-13H3,(H,55,63)(H,56,66)(H,57,65)(H,58,68)(H,59,67)/t34-,35+,36+,40-,41-,42+,45-,46-,47-,48+/m0/s1. The van der Waals surface area contributed by atoms with Crippen LogP contribution in [0.15, 0.2) is 54.6 Å². The molecule has 0 aliphatic carbocycles. The van der Waals surface area contributed by atoms with Gasteiger partial charge in [-0.2, -0.15) is 0 Å². The highest BCUT2D eigenvalue weighted by molar-refractivity contribution is 5.97. The fraction of sp³-hybridized carbons (Fsp3) is 0.642. The van der Waals surface area contributed by atoms with E-state index in [0.717, 1.165) is 5.56 Å². The lowest BCUT2D eigenvalue weighted by Crippen LogP contribution is -2.59. The third kappa shape index (κ3) is 17.6. The van der Waals surface area contributed by atoms with Crippen molar-refractivity contribution in [1.29, 1.82) is 0 Å². The Balaban J connectivity index is 1.73. The molecule has 1 saturated heterocycles. The molecule has 0 saturated carbocycles. The fourth-order valence-electron chi connectivity index (χ4n) is 9.48. The van der Waals surface area contributed by atoms with Crippen molar-refractivity contribution in [2.75, 3.05) is 53.8 Å². The van der Waals surface area contributed by atoms with Gasteiger partial charge in [-0.3, -0.25) is 43.3 Å². The Hall–Kier alpha value is -5.47. The second kappa shape index (κ2) is 29.9. The van der Waals surface area contributed by atoms with Gasteiger partial charge in [0.1, 0.15) is 18.1 Å². The van der Waals surface area contributed by atoms with E-state index in [-0.39, 0.29) is 73.8 Å². The average molecular weight is 1010 g/mol. The molecule has 72 heavy (non-hydrogen) atoms. The van der Waals surface area contributed by atoms with Crippen LogP contribution in [0.1, 0.15) is 98.6 Å². The summed E-state index contributed by atoms with van der Waals surface area (Å²) in [6.45, 7) is 15.7. The lowest BCUT2D eigenvalue weighted by atomic mass is 9.89. The third-order valence-corrected chi connectivity index (χ3v) is 13.6. The number of likely N-dealkylation sites (N-methyl/N-ethyl adjacent to an activating group) is 2. The van der Waals surface area contributed by atoms with E-state index in [1.54, 1.807) is 55.0 Å². The van der Waals surface area contributed by atoms with Crippen LogP contribution in [-0.4, -0.2) is 153 Å². The number of anilines is 1. The molecule has 0 unspecified atom stereocenters. The van der Waals surface area contributed by atoms with Gasteiger partial charge in [-0.25, -0.2) is 5.48 Å². The number of nitrogens with one attached hydrogen (secondary N) is 5. The van der Waals surface area contributed by atoms with Gasteiger partial charge in [0.25, 0.3) is 5.91 Å². The second-order valence-corrected chi connectivity index (χ2v) is 20.0. The van der Waals surface area contributed by atoms with E-state index in [0.29, 0.717) is 37.1 Å². The number of carbonyl (C=O) groups excluding carboxylic acids is 7. The Morgan fingerprint density at radius 2 is 1.43 bits per heavy atom. The molecule has 19 heteroatoms. The molecule has 0 spiro atoms. The summed E-state index contributed by atoms with van der Waals surface area (Å²) in [5.74, 6) is -3.53. The molecule has 1 aliphatic heterocycles. The summed E-state index contributed by atoms with van der Waals surface area (Å²) >= 11 is 0. The first-order valence-electron chi connectivity index (χ1n) is 25.3. The van der Waals surface area contributed by atoms with Crippen LogP contribution in [0.25, 0.3) is 0 Å². The minimum Gasteiger partial charge on any atom is -0.379 e. The number of amides is 7. The largest absolute Gasteiger partial charge is 0.379 e. The van der Waals surface area contributed by atoms with Crippen LogP contribution in [-0.2, 0) is 60.9 Å². The highest BCUT2D eigenvalue weighted by Gasteiger charge is 2.43. The first kappa shape index (κ1) is 60.8. The van der Waals surface area contributed by atoms with E-state index in [9.17, 15) is 33.6 Å². The fourth-order valence-corrected chi connectivity index (χ4v) is 9.48. The molecule has 402 valence electrons. The predicted molar refractivity (Wildman–Crippen MR) is 277 cm³/mol. The maximum atomic E-state index is 14.5. The molecule has 1 heterocycles. The van der Waals surface area contributed by atoms with Crippen molar-refractivity contribution in [3.05, 3.63) is 65.7 Å². The monoisotopic (exact) mass is 1010 g/mol. The molecule has 0 bridgehead atoms. The Labute approximate surface area is 427 Å². The minimum atomic E-state index is -1.04. The van der Waals surface area contributed by atoms with E-state index >= 15 is 0 Å². The smallest absolute Gasteiger partial charge is 0.266 e. The number of hydrogen-bond donors (Lipinski definition) is 6. The summed E-state index contributed by atoms with van der Waals surface area (Å²) < 4.78 is 12.1. The molecule has 1 aliphatic rings. The summed E-state index contributed by atoms with van der Waals surface area (Å²) in [7, 11) is 8.44. The van der Waals surface area contributed by atoms with Gasteiger partial charge in [0, 0.05) is 52.9 Å². The number of methoxy groups -OCH3 is 2. The van der Waals surface area contributed by atoms with Crippen molar-refractivity contribution < 1.29 is 47.9 Å². The minimum absolute atomic E-state index is 0.0140. The number of likely N-dealkylation sites (tertiary alicyclic amines) is 1. The van der Waals surface area contributed by atoms with E-state index < -0.39 is 72.1 Å². The van der Waals surface area contributed by atoms with Crippen LogP contribution < -0.4 is 32.5 Å². The Morgan fingerprint density at radius 1 is 0.778 bits per heavy atom. The molecule has 3 rings (SSSR count). The van der Waals surface area contributed by atoms with Gasteiger partial charge in [-0.15, -0.1) is 0 Å². The predicted octanol–water partition coefficient (Wildman–Crippen LogP) is 3.40. The van der Waals surface area contributed by atoms with Crippen molar-refractivity contribution in [2.45, 2.75) is 149 Å². The number of hydrogen-bond acceptors (Lipinski definition) is 12. The first-order chi connectivity index (χ1) is 34.1. The van der Waals surface area contributed by atoms with E-state index in [4.69, 9.17) is 20.0 Å². The molecule has 2 aromatic carbocycles. The van der Waals surface area contributed by atoms with Crippen LogP contribution in [0.3, 0.4) is 0 Å². The van der Waals surface area contributed by atoms with E-state index in [1.165, 1.54) is 14.2 Å². The van der Waals surface area contributed by atoms with Gasteiger partial charge in [-0.1, -0.05) is 97.4 Å². The molecule has 19 nitrogen and oxygen atoms in total. The summed E-state index contributed by atoms with van der Waals surface area (Å²) in [5.41, 5.74) is 9.88. The third-order valence-electron chi connectivity index (χ3n) is 13.6. The van der Waals surface area contributed by atoms with Gasteiger partial charge in [-0.05, 0) is 74.9 Å². The lowest BCUT2D eigenvalue weighted by Gasteiger charge is -2.41. The quantitative estimate of drug-likeness (QED) is 0.0643. The van der Waals surface area contributed by atoms with Gasteiger partial charge in [0.2, 0.25) is 35.4 Å². The summed E-state index contributed by atoms with van der Waals surface area (Å²) in [4.78, 5) is 106. The molecule has 2 aromatic rings. The molecule has 0 radical (unpaired) electrons. The van der Waals surface area contributed by atoms with Crippen molar-refractivity contribution in [1.82, 2.24) is 36.1 Å². The molecule has 7 amide bonds. The number of rotatable bonds is 29. The van der Waals surface area contributed by atoms with Crippen LogP contribution >= 0.6 is 0 Å². The maximum Gasteiger partial charge on any atom is 0.266 e. The zero-order valence-electron chi connectivity index (χ0n) is 45.0. The number of nitrogens with zero attached hydrogens (tertiary/aromatic N) is 3. The van der Waals surface area contributed by atoms with E-state index in [2.05, 4.69) is 26.7 Å². The zero-order chi connectivity index (χ0) is 53.8. The molecule has 1 fully saturated rings. The topological polar surface area (TPSA) is 243 Å². The van der Waals surface area contributed by atoms with Crippen molar-refractivity contribution in [3.8, 4) is 0 Å². The number of carbonyl (C=O) groups is 7. The van der Waals surface area contributed by atoms with Crippen molar-refractivity contribution >= 4 is 47.0 Å². The Morgan fingerprint density at radius 3 is 1.99 bits per heavy atom. The maximum absolute atomic E-state index is 14.5. The highest BCUT2D eigenvalue weighted by atomic mass is 16.7. The highest BCUT2D eigenvalue weighted by Crippen LogP contribution is 2.30. The van der Waals surface area contributed by atoms with Gasteiger partial charge < -0.3 is 46.3 Å². The number of ether oxygens (including phenoxy) is 2. The van der Waals surface area contributed by atoms with Gasteiger partial charge in [0.15, 0.2) is 0 Å². The number of hydroxylamine groups is 1. The first-order valence-corrected chi connectivity index (χ1v) is 25.3. The molecule has 0 aromatic heterocycles. The van der Waals surface area contributed by atoms with Crippen LogP contribution in [0.4, 0.5) is 5.69 Å². The number of benzene rings is 2. The summed E-state index contributed by atoms with van der Waals surface area (Å²) in [5, 5.41) is 11.3. The zero-order valence-corrected chi connectivity index (χ0v) is 45.0. The molecule has 10 atom stereocenters. The Kier molecular flexibility index (Phi) is 25.3. The van der Waals surface area contributed by atoms with Crippen LogP contribution in [0.2, 0.25) is 0 Å². The van der Waals surface area contributed by atoms with Gasteiger partial charge in [0.05, 0.1) is 49.3 Å². The van der Waals surface area contributed by atoms with E-state index in [1.807, 2.05) is 90.9 Å². The summed E-state index contributed by atoms with van der Waals surface area (Å²) in [6, 6.07) is 12.0. The molecular formula is C53H85N9O10. The SMILES string of the molecule is CC[C@H](C)[C@@H]([C@@H](CC(=O)N1CCC[C@H]1[C@H](OC)[C@@H](C)C(=O)N[C@@H](Cc1ccccc1)C(=O)NOCc1ccc(NC(=O)[C@@H](C)NC(=O)CCN)cc1)OC)N(C)C(=O)[C@@H](NC(=O)[C@H](C(C)C)N(C)C)C(C)C. The van der Waals surface area contributed by atoms with Crippen LogP contribution in [0.5, 0.6) is 0 Å². The molecular weight excluding hydrogens is 923 g/mol. The van der Waals surface area contributed by atoms with Gasteiger partial charge >= 0.3 is 0 Å². The Bertz CT molecular complexity index is 2050. The summed E-state index contributed by atoms with van der Waals surface area (Å²) in [6.07, 6.45) is 0.758. The van der Waals surface area contributed by atoms with Crippen LogP contribution in [0, 0.1) is 23.7 Å². The number of nitrogens with two attached hydrogens (primary N) is 1.